The van der Waals surface area contributed by atoms with E-state index in [9.17, 15) is 28.8 Å². The number of rotatable bonds is 13. The first-order chi connectivity index (χ1) is 18.5. The molecule has 12 nitrogen and oxygen atoms in total. The second kappa shape index (κ2) is 15.4. The first-order valence-corrected chi connectivity index (χ1v) is 13.9. The average molecular weight is 565 g/mol. The maximum atomic E-state index is 13.8. The minimum absolute atomic E-state index is 0.00504. The first kappa shape index (κ1) is 34.6. The molecular weight excluding hydrogens is 516 g/mol. The van der Waals surface area contributed by atoms with E-state index in [1.54, 1.807) is 27.8 Å². The summed E-state index contributed by atoms with van der Waals surface area (Å²) in [6.45, 7) is 16.5. The van der Waals surface area contributed by atoms with Gasteiger partial charge in [-0.25, -0.2) is 4.79 Å². The van der Waals surface area contributed by atoms with Crippen molar-refractivity contribution in [1.82, 2.24) is 31.1 Å². The summed E-state index contributed by atoms with van der Waals surface area (Å²) in [6.07, 6.45) is 2.63. The van der Waals surface area contributed by atoms with E-state index >= 15 is 0 Å². The molecule has 0 saturated carbocycles. The number of carbonyl (C=O) groups excluding carboxylic acids is 6. The van der Waals surface area contributed by atoms with Gasteiger partial charge in [0.05, 0.1) is 12.6 Å². The second-order valence-corrected chi connectivity index (χ2v) is 11.8. The molecule has 4 atom stereocenters. The van der Waals surface area contributed by atoms with Crippen LogP contribution in [0.2, 0.25) is 0 Å². The van der Waals surface area contributed by atoms with Crippen molar-refractivity contribution in [3.05, 3.63) is 12.7 Å². The van der Waals surface area contributed by atoms with Gasteiger partial charge in [0.1, 0.15) is 12.1 Å². The van der Waals surface area contributed by atoms with Gasteiger partial charge in [-0.1, -0.05) is 47.1 Å². The van der Waals surface area contributed by atoms with E-state index in [4.69, 9.17) is 0 Å². The number of nitrogens with one attached hydrogen (secondary N) is 4. The van der Waals surface area contributed by atoms with E-state index in [1.165, 1.54) is 15.9 Å². The highest BCUT2D eigenvalue weighted by molar-refractivity contribution is 6.38. The Balaban J connectivity index is 3.05. The van der Waals surface area contributed by atoms with E-state index < -0.39 is 53.1 Å². The van der Waals surface area contributed by atoms with Gasteiger partial charge in [-0.2, -0.15) is 0 Å². The molecule has 1 saturated heterocycles. The van der Waals surface area contributed by atoms with Gasteiger partial charge in [0, 0.05) is 26.2 Å². The van der Waals surface area contributed by atoms with Gasteiger partial charge >= 0.3 is 6.03 Å². The lowest BCUT2D eigenvalue weighted by Crippen LogP contribution is -2.60. The molecular formula is C28H48N6O6. The van der Waals surface area contributed by atoms with Crippen LogP contribution in [0.1, 0.15) is 67.7 Å². The highest BCUT2D eigenvalue weighted by atomic mass is 16.2. The number of nitrogens with zero attached hydrogens (tertiary/aromatic N) is 2. The summed E-state index contributed by atoms with van der Waals surface area (Å²) in [5.74, 6) is -2.82. The fourth-order valence-corrected chi connectivity index (χ4v) is 4.34. The van der Waals surface area contributed by atoms with Crippen LogP contribution in [0.5, 0.6) is 0 Å². The molecule has 1 heterocycles. The molecule has 12 heteroatoms. The molecule has 226 valence electrons. The van der Waals surface area contributed by atoms with Crippen LogP contribution in [0.4, 0.5) is 4.79 Å². The van der Waals surface area contributed by atoms with Crippen molar-refractivity contribution in [3.8, 4) is 0 Å². The minimum atomic E-state index is -1.03. The summed E-state index contributed by atoms with van der Waals surface area (Å²) in [5, 5.41) is 10.3. The maximum Gasteiger partial charge on any atom is 0.315 e. The molecule has 1 aliphatic heterocycles. The Labute approximate surface area is 238 Å². The van der Waals surface area contributed by atoms with Crippen LogP contribution in [0.15, 0.2) is 12.7 Å². The minimum Gasteiger partial charge on any atom is -0.346 e. The van der Waals surface area contributed by atoms with Crippen LogP contribution >= 0.6 is 0 Å². The summed E-state index contributed by atoms with van der Waals surface area (Å²) in [5.41, 5.74) is -0.718. The van der Waals surface area contributed by atoms with Crippen LogP contribution in [-0.2, 0) is 24.0 Å². The normalized spacial score (nSPS) is 18.4. The largest absolute Gasteiger partial charge is 0.346 e. The summed E-state index contributed by atoms with van der Waals surface area (Å²) in [6, 6.07) is -3.61. The number of Topliss-reactive ketones (excluding diaryl/α,β-unsaturated/α-hetero) is 1. The molecule has 1 fully saturated rings. The summed E-state index contributed by atoms with van der Waals surface area (Å²) < 4.78 is 0. The molecule has 1 aliphatic rings. The zero-order chi connectivity index (χ0) is 30.8. The molecule has 0 spiro atoms. The van der Waals surface area contributed by atoms with Crippen molar-refractivity contribution in [2.24, 2.45) is 11.3 Å². The third-order valence-electron chi connectivity index (χ3n) is 6.89. The molecule has 40 heavy (non-hydrogen) atoms. The Morgan fingerprint density at radius 2 is 1.70 bits per heavy atom. The number of likely N-dealkylation sites (N-methyl/N-ethyl adjacent to an activating group) is 1. The molecule has 6 amide bonds. The Hall–Kier alpha value is -3.44. The summed E-state index contributed by atoms with van der Waals surface area (Å²) in [4.78, 5) is 80.0. The Kier molecular flexibility index (Phi) is 13.3. The summed E-state index contributed by atoms with van der Waals surface area (Å²) in [7, 11) is 1.64. The van der Waals surface area contributed by atoms with Gasteiger partial charge < -0.3 is 31.1 Å². The van der Waals surface area contributed by atoms with E-state index in [0.29, 0.717) is 12.8 Å². The SMILES string of the molecule is C=CCNC(=O)C(=O)C(CCC)NC(=O)C1C[C@@H](C)CN1C(=O)[C@@H](NC(=O)NCC(=O)N(C)C(C)C)C(C)(C)C. The summed E-state index contributed by atoms with van der Waals surface area (Å²) >= 11 is 0. The van der Waals surface area contributed by atoms with Gasteiger partial charge in [0.2, 0.25) is 23.5 Å². The molecule has 1 rings (SSSR count). The monoisotopic (exact) mass is 564 g/mol. The third kappa shape index (κ3) is 9.95. The molecule has 4 N–H and O–H groups in total. The highest BCUT2D eigenvalue weighted by Crippen LogP contribution is 2.28. The fraction of sp³-hybridized carbons (Fsp3) is 0.714. The maximum absolute atomic E-state index is 13.8. The smallest absolute Gasteiger partial charge is 0.315 e. The topological polar surface area (TPSA) is 157 Å². The lowest BCUT2D eigenvalue weighted by molar-refractivity contribution is -0.143. The van der Waals surface area contributed by atoms with Crippen LogP contribution < -0.4 is 21.3 Å². The van der Waals surface area contributed by atoms with Crippen LogP contribution in [-0.4, -0.2) is 96.1 Å². The van der Waals surface area contributed by atoms with Crippen LogP contribution in [0.25, 0.3) is 0 Å². The van der Waals surface area contributed by atoms with Crippen molar-refractivity contribution >= 4 is 35.4 Å². The molecule has 0 aromatic carbocycles. The number of hydrogen-bond acceptors (Lipinski definition) is 6. The Morgan fingerprint density at radius 3 is 2.23 bits per heavy atom. The standard InChI is InChI=1S/C28H48N6O6/c1-10-12-19(22(36)25(38)29-13-11-2)31-24(37)20-14-18(5)16-34(20)26(39)23(28(6,7)8)32-27(40)30-15-21(35)33(9)17(3)4/h11,17-20,23H,2,10,12-16H2,1,3-9H3,(H,29,38)(H,31,37)(H2,30,32,40)/t18-,19?,20?,23-/m1/s1. The first-order valence-electron chi connectivity index (χ1n) is 13.9. The number of carbonyl (C=O) groups is 6. The van der Waals surface area contributed by atoms with Crippen molar-refractivity contribution < 1.29 is 28.8 Å². The predicted molar refractivity (Wildman–Crippen MR) is 152 cm³/mol. The van der Waals surface area contributed by atoms with E-state index in [-0.39, 0.29) is 43.9 Å². The van der Waals surface area contributed by atoms with Gasteiger partial charge in [0.15, 0.2) is 0 Å². The quantitative estimate of drug-likeness (QED) is 0.193. The zero-order valence-corrected chi connectivity index (χ0v) is 25.3. The lowest BCUT2D eigenvalue weighted by Gasteiger charge is -2.35. The number of amides is 6. The average Bonchev–Trinajstić information content (AvgIpc) is 3.28. The van der Waals surface area contributed by atoms with Crippen molar-refractivity contribution in [2.75, 3.05) is 26.7 Å². The van der Waals surface area contributed by atoms with Crippen molar-refractivity contribution in [3.63, 3.8) is 0 Å². The third-order valence-corrected chi connectivity index (χ3v) is 6.89. The number of likely N-dealkylation sites (tertiary alicyclic amines) is 1. The zero-order valence-electron chi connectivity index (χ0n) is 25.3. The van der Waals surface area contributed by atoms with E-state index in [2.05, 4.69) is 27.8 Å². The van der Waals surface area contributed by atoms with Gasteiger partial charge in [0.25, 0.3) is 5.91 Å². The Bertz CT molecular complexity index is 959. The number of ketones is 1. The van der Waals surface area contributed by atoms with Gasteiger partial charge in [-0.15, -0.1) is 6.58 Å². The second-order valence-electron chi connectivity index (χ2n) is 11.8. The fourth-order valence-electron chi connectivity index (χ4n) is 4.34. The van der Waals surface area contributed by atoms with E-state index in [0.717, 1.165) is 0 Å². The van der Waals surface area contributed by atoms with Gasteiger partial charge in [-0.3, -0.25) is 24.0 Å². The van der Waals surface area contributed by atoms with E-state index in [1.807, 2.05) is 27.7 Å². The Morgan fingerprint density at radius 1 is 1.07 bits per heavy atom. The molecule has 0 bridgehead atoms. The van der Waals surface area contributed by atoms with Gasteiger partial charge in [-0.05, 0) is 38.0 Å². The highest BCUT2D eigenvalue weighted by Gasteiger charge is 2.44. The van der Waals surface area contributed by atoms with Crippen molar-refractivity contribution in [2.45, 2.75) is 91.9 Å². The molecule has 2 unspecified atom stereocenters. The lowest BCUT2D eigenvalue weighted by atomic mass is 9.85. The number of urea groups is 1. The molecule has 0 aromatic rings. The predicted octanol–water partition coefficient (Wildman–Crippen LogP) is 0.960. The molecule has 0 radical (unpaired) electrons. The number of hydrogen-bond donors (Lipinski definition) is 4. The van der Waals surface area contributed by atoms with Crippen LogP contribution in [0.3, 0.4) is 0 Å². The molecule has 0 aliphatic carbocycles. The van der Waals surface area contributed by atoms with Crippen molar-refractivity contribution in [1.29, 1.82) is 0 Å². The van der Waals surface area contributed by atoms with Crippen LogP contribution in [0, 0.1) is 11.3 Å². The molecule has 0 aromatic heterocycles.